The highest BCUT2D eigenvalue weighted by atomic mass is 79.9. The number of ketones is 2. The van der Waals surface area contributed by atoms with Gasteiger partial charge >= 0.3 is 0 Å². The molecule has 0 atom stereocenters. The van der Waals surface area contributed by atoms with Crippen LogP contribution >= 0.6 is 15.9 Å². The summed E-state index contributed by atoms with van der Waals surface area (Å²) in [6.07, 6.45) is 0. The number of fused-ring (bicyclic) bond motifs is 5. The van der Waals surface area contributed by atoms with Crippen LogP contribution in [0, 0.1) is 0 Å². The van der Waals surface area contributed by atoms with Crippen molar-refractivity contribution in [2.75, 3.05) is 0 Å². The molecule has 0 saturated carbocycles. The Kier molecular flexibility index (Phi) is 3.03. The predicted octanol–water partition coefficient (Wildman–Crippen LogP) is 5.53. The van der Waals surface area contributed by atoms with E-state index in [4.69, 9.17) is 0 Å². The quantitative estimate of drug-likeness (QED) is 0.387. The molecule has 26 heavy (non-hydrogen) atoms. The molecule has 0 spiro atoms. The van der Waals surface area contributed by atoms with Crippen LogP contribution < -0.4 is 0 Å². The summed E-state index contributed by atoms with van der Waals surface area (Å²) in [4.78, 5) is 26.1. The average molecular weight is 403 g/mol. The maximum Gasteiger partial charge on any atom is 0.194 e. The fraction of sp³-hybridized carbons (Fsp3) is 0.130. The molecule has 0 aromatic heterocycles. The first-order chi connectivity index (χ1) is 12.4. The van der Waals surface area contributed by atoms with Crippen molar-refractivity contribution in [2.45, 2.75) is 19.3 Å². The summed E-state index contributed by atoms with van der Waals surface area (Å²) >= 11 is 3.67. The summed E-state index contributed by atoms with van der Waals surface area (Å²) in [5.74, 6) is -0.139. The molecule has 5 rings (SSSR count). The van der Waals surface area contributed by atoms with Crippen molar-refractivity contribution in [3.63, 3.8) is 0 Å². The predicted molar refractivity (Wildman–Crippen MR) is 105 cm³/mol. The second-order valence-corrected chi connectivity index (χ2v) is 8.29. The van der Waals surface area contributed by atoms with E-state index in [2.05, 4.69) is 35.8 Å². The molecule has 0 saturated heterocycles. The topological polar surface area (TPSA) is 34.1 Å². The SMILES string of the molecule is CC1(C)c2cc3c(cc2-c2c(Br)cccc21)C(=O)c1ccccc1C3=O. The van der Waals surface area contributed by atoms with Gasteiger partial charge in [0.1, 0.15) is 0 Å². The number of hydrogen-bond acceptors (Lipinski definition) is 2. The first-order valence-corrected chi connectivity index (χ1v) is 9.37. The van der Waals surface area contributed by atoms with Gasteiger partial charge in [-0.1, -0.05) is 66.2 Å². The molecule has 0 N–H and O–H groups in total. The molecule has 0 heterocycles. The van der Waals surface area contributed by atoms with Gasteiger partial charge in [-0.3, -0.25) is 9.59 Å². The highest BCUT2D eigenvalue weighted by Gasteiger charge is 2.40. The summed E-state index contributed by atoms with van der Waals surface area (Å²) in [6.45, 7) is 4.33. The molecule has 0 amide bonds. The van der Waals surface area contributed by atoms with Gasteiger partial charge in [0.15, 0.2) is 11.6 Å². The van der Waals surface area contributed by atoms with E-state index in [1.165, 1.54) is 5.56 Å². The summed E-state index contributed by atoms with van der Waals surface area (Å²) in [7, 11) is 0. The van der Waals surface area contributed by atoms with Gasteiger partial charge in [0, 0.05) is 37.7 Å². The third kappa shape index (κ3) is 1.81. The number of hydrogen-bond donors (Lipinski definition) is 0. The average Bonchev–Trinajstić information content (AvgIpc) is 2.87. The standard InChI is InChI=1S/C23H15BrO2/c1-23(2)17-8-5-9-19(24)20(17)16-10-14-15(11-18(16)23)22(26)13-7-4-3-6-12(13)21(14)25/h3-11H,1-2H3. The van der Waals surface area contributed by atoms with Gasteiger partial charge < -0.3 is 0 Å². The van der Waals surface area contributed by atoms with E-state index in [-0.39, 0.29) is 17.0 Å². The lowest BCUT2D eigenvalue weighted by Gasteiger charge is -2.24. The van der Waals surface area contributed by atoms with Crippen LogP contribution in [0.3, 0.4) is 0 Å². The van der Waals surface area contributed by atoms with E-state index in [1.807, 2.05) is 24.3 Å². The Morgan fingerprint density at radius 3 is 1.96 bits per heavy atom. The highest BCUT2D eigenvalue weighted by molar-refractivity contribution is 9.10. The van der Waals surface area contributed by atoms with E-state index in [0.717, 1.165) is 21.2 Å². The minimum absolute atomic E-state index is 0.0659. The Balaban J connectivity index is 1.85. The number of benzene rings is 3. The van der Waals surface area contributed by atoms with Crippen LogP contribution in [0.2, 0.25) is 0 Å². The lowest BCUT2D eigenvalue weighted by Crippen LogP contribution is -2.22. The van der Waals surface area contributed by atoms with Crippen molar-refractivity contribution in [3.8, 4) is 11.1 Å². The largest absolute Gasteiger partial charge is 0.289 e. The number of carbonyl (C=O) groups excluding carboxylic acids is 2. The first kappa shape index (κ1) is 15.7. The van der Waals surface area contributed by atoms with Gasteiger partial charge in [0.25, 0.3) is 0 Å². The van der Waals surface area contributed by atoms with Crippen LogP contribution in [0.15, 0.2) is 59.1 Å². The number of carbonyl (C=O) groups is 2. The highest BCUT2D eigenvalue weighted by Crippen LogP contribution is 2.52. The molecule has 0 radical (unpaired) electrons. The van der Waals surface area contributed by atoms with E-state index < -0.39 is 0 Å². The van der Waals surface area contributed by atoms with Crippen LogP contribution in [0.5, 0.6) is 0 Å². The second kappa shape index (κ2) is 5.01. The summed E-state index contributed by atoms with van der Waals surface area (Å²) in [5, 5.41) is 0. The molecule has 0 unspecified atom stereocenters. The molecule has 3 aromatic carbocycles. The minimum atomic E-state index is -0.218. The monoisotopic (exact) mass is 402 g/mol. The smallest absolute Gasteiger partial charge is 0.194 e. The molecule has 0 bridgehead atoms. The van der Waals surface area contributed by atoms with Crippen molar-refractivity contribution in [3.05, 3.63) is 92.5 Å². The zero-order valence-corrected chi connectivity index (χ0v) is 16.0. The Labute approximate surface area is 160 Å². The maximum absolute atomic E-state index is 13.0. The molecule has 2 aliphatic carbocycles. The van der Waals surface area contributed by atoms with Gasteiger partial charge in [-0.05, 0) is 34.9 Å². The molecule has 2 nitrogen and oxygen atoms in total. The minimum Gasteiger partial charge on any atom is -0.289 e. The van der Waals surface area contributed by atoms with Crippen molar-refractivity contribution in [2.24, 2.45) is 0 Å². The molecule has 3 aromatic rings. The third-order valence-electron chi connectivity index (χ3n) is 5.69. The second-order valence-electron chi connectivity index (χ2n) is 7.43. The molecular formula is C23H15BrO2. The van der Waals surface area contributed by atoms with Crippen LogP contribution in [0.4, 0.5) is 0 Å². The Morgan fingerprint density at radius 1 is 0.692 bits per heavy atom. The molecule has 0 fully saturated rings. The zero-order chi connectivity index (χ0) is 18.2. The van der Waals surface area contributed by atoms with Crippen molar-refractivity contribution in [1.82, 2.24) is 0 Å². The van der Waals surface area contributed by atoms with Gasteiger partial charge in [0.2, 0.25) is 0 Å². The van der Waals surface area contributed by atoms with E-state index >= 15 is 0 Å². The molecule has 0 aliphatic heterocycles. The lowest BCUT2D eigenvalue weighted by atomic mass is 9.78. The Hall–Kier alpha value is -2.52. The maximum atomic E-state index is 13.0. The summed E-state index contributed by atoms with van der Waals surface area (Å²) < 4.78 is 1.01. The summed E-state index contributed by atoms with van der Waals surface area (Å²) in [6, 6.07) is 17.1. The normalized spacial score (nSPS) is 16.0. The zero-order valence-electron chi connectivity index (χ0n) is 14.4. The fourth-order valence-electron chi connectivity index (χ4n) is 4.33. The van der Waals surface area contributed by atoms with Gasteiger partial charge in [0.05, 0.1) is 0 Å². The van der Waals surface area contributed by atoms with Crippen LogP contribution in [-0.4, -0.2) is 11.6 Å². The number of rotatable bonds is 0. The first-order valence-electron chi connectivity index (χ1n) is 8.57. The molecular weight excluding hydrogens is 388 g/mol. The third-order valence-corrected chi connectivity index (χ3v) is 6.35. The Bertz CT molecular complexity index is 1150. The molecule has 3 heteroatoms. The van der Waals surface area contributed by atoms with Crippen LogP contribution in [0.25, 0.3) is 11.1 Å². The fourth-order valence-corrected chi connectivity index (χ4v) is 4.91. The van der Waals surface area contributed by atoms with E-state index in [9.17, 15) is 9.59 Å². The molecule has 126 valence electrons. The van der Waals surface area contributed by atoms with E-state index in [1.54, 1.807) is 24.3 Å². The Morgan fingerprint density at radius 2 is 1.31 bits per heavy atom. The lowest BCUT2D eigenvalue weighted by molar-refractivity contribution is 0.0979. The van der Waals surface area contributed by atoms with E-state index in [0.29, 0.717) is 22.3 Å². The number of halogens is 1. The van der Waals surface area contributed by atoms with Gasteiger partial charge in [-0.2, -0.15) is 0 Å². The van der Waals surface area contributed by atoms with Crippen molar-refractivity contribution >= 4 is 27.5 Å². The van der Waals surface area contributed by atoms with Gasteiger partial charge in [-0.15, -0.1) is 0 Å². The van der Waals surface area contributed by atoms with Crippen molar-refractivity contribution < 1.29 is 9.59 Å². The van der Waals surface area contributed by atoms with Gasteiger partial charge in [-0.25, -0.2) is 0 Å². The van der Waals surface area contributed by atoms with Crippen LogP contribution in [0.1, 0.15) is 56.8 Å². The van der Waals surface area contributed by atoms with Crippen molar-refractivity contribution in [1.29, 1.82) is 0 Å². The summed E-state index contributed by atoms with van der Waals surface area (Å²) in [5.41, 5.74) is 6.26. The molecule has 2 aliphatic rings. The van der Waals surface area contributed by atoms with Crippen LogP contribution in [-0.2, 0) is 5.41 Å².